The van der Waals surface area contributed by atoms with E-state index in [1.807, 2.05) is 36.4 Å². The number of aliphatic hydroxyl groups is 1. The summed E-state index contributed by atoms with van der Waals surface area (Å²) in [5.74, 6) is 1.41. The first kappa shape index (κ1) is 21.7. The van der Waals surface area contributed by atoms with E-state index in [0.29, 0.717) is 48.3 Å². The van der Waals surface area contributed by atoms with Crippen molar-refractivity contribution in [2.75, 3.05) is 31.7 Å². The van der Waals surface area contributed by atoms with E-state index in [-0.39, 0.29) is 19.1 Å². The first-order valence-electron chi connectivity index (χ1n) is 11.1. The molecular weight excluding hydrogens is 436 g/mol. The van der Waals surface area contributed by atoms with Crippen LogP contribution in [-0.4, -0.2) is 52.4 Å². The molecule has 0 spiro atoms. The SMILES string of the molecule is O=C(COc1ccc(CCO)cc1-n1nc2ccccc2n1)Nc1ccc2c(c1)OCCCO2. The Hall–Kier alpha value is -4.11. The number of aromatic nitrogens is 3. The Kier molecular flexibility index (Phi) is 6.26. The van der Waals surface area contributed by atoms with Gasteiger partial charge in [-0.05, 0) is 48.4 Å². The molecule has 0 aliphatic carbocycles. The van der Waals surface area contributed by atoms with Gasteiger partial charge in [0.05, 0.1) is 13.2 Å². The number of anilines is 1. The van der Waals surface area contributed by atoms with E-state index in [2.05, 4.69) is 15.5 Å². The van der Waals surface area contributed by atoms with Crippen LogP contribution in [0, 0.1) is 0 Å². The summed E-state index contributed by atoms with van der Waals surface area (Å²) in [4.78, 5) is 14.1. The van der Waals surface area contributed by atoms with E-state index in [1.165, 1.54) is 4.80 Å². The van der Waals surface area contributed by atoms with E-state index < -0.39 is 0 Å². The van der Waals surface area contributed by atoms with E-state index >= 15 is 0 Å². The summed E-state index contributed by atoms with van der Waals surface area (Å²) >= 11 is 0. The summed E-state index contributed by atoms with van der Waals surface area (Å²) in [5.41, 5.74) is 3.58. The fraction of sp³-hybridized carbons (Fsp3) is 0.240. The number of rotatable bonds is 7. The number of ether oxygens (including phenoxy) is 3. The molecule has 0 saturated carbocycles. The average molecular weight is 460 g/mol. The average Bonchev–Trinajstić information content (AvgIpc) is 3.15. The Morgan fingerprint density at radius 3 is 2.53 bits per heavy atom. The summed E-state index contributed by atoms with van der Waals surface area (Å²) < 4.78 is 17.2. The second-order valence-corrected chi connectivity index (χ2v) is 7.80. The molecule has 0 atom stereocenters. The van der Waals surface area contributed by atoms with Crippen molar-refractivity contribution in [3.63, 3.8) is 0 Å². The van der Waals surface area contributed by atoms with Gasteiger partial charge in [0.1, 0.15) is 22.5 Å². The Labute approximate surface area is 195 Å². The molecule has 1 aliphatic heterocycles. The number of benzene rings is 3. The molecule has 5 rings (SSSR count). The molecule has 1 aliphatic rings. The van der Waals surface area contributed by atoms with E-state index in [0.717, 1.165) is 23.0 Å². The molecule has 2 heterocycles. The fourth-order valence-corrected chi connectivity index (χ4v) is 3.67. The number of carbonyl (C=O) groups is 1. The molecule has 9 nitrogen and oxygen atoms in total. The van der Waals surface area contributed by atoms with Crippen molar-refractivity contribution in [3.05, 3.63) is 66.2 Å². The number of nitrogens with zero attached hydrogens (tertiary/aromatic N) is 3. The van der Waals surface area contributed by atoms with E-state index in [4.69, 9.17) is 14.2 Å². The van der Waals surface area contributed by atoms with Crippen LogP contribution in [0.3, 0.4) is 0 Å². The normalized spacial score (nSPS) is 12.9. The molecule has 34 heavy (non-hydrogen) atoms. The van der Waals surface area contributed by atoms with Crippen LogP contribution in [0.2, 0.25) is 0 Å². The number of aliphatic hydroxyl groups excluding tert-OH is 1. The molecule has 1 aromatic heterocycles. The third-order valence-corrected chi connectivity index (χ3v) is 5.32. The second-order valence-electron chi connectivity index (χ2n) is 7.80. The monoisotopic (exact) mass is 460 g/mol. The highest BCUT2D eigenvalue weighted by Gasteiger charge is 2.15. The predicted octanol–water partition coefficient (Wildman–Crippen LogP) is 3.13. The largest absolute Gasteiger partial charge is 0.490 e. The topological polar surface area (TPSA) is 108 Å². The standard InChI is InChI=1S/C25H24N4O5/c30-11-10-17-6-8-22(21(14-17)29-27-19-4-1-2-5-20(19)28-29)34-16-25(31)26-18-7-9-23-24(15-18)33-13-3-12-32-23/h1-2,4-9,14-15,30H,3,10-13,16H2,(H,26,31). The van der Waals surface area contributed by atoms with Crippen LogP contribution in [0.25, 0.3) is 16.7 Å². The lowest BCUT2D eigenvalue weighted by molar-refractivity contribution is -0.118. The Bertz CT molecular complexity index is 1290. The van der Waals surface area contributed by atoms with E-state index in [9.17, 15) is 9.90 Å². The van der Waals surface area contributed by atoms with Crippen LogP contribution in [0.4, 0.5) is 5.69 Å². The van der Waals surface area contributed by atoms with Gasteiger partial charge in [0.25, 0.3) is 5.91 Å². The lowest BCUT2D eigenvalue weighted by Crippen LogP contribution is -2.21. The Morgan fingerprint density at radius 2 is 1.76 bits per heavy atom. The third kappa shape index (κ3) is 4.79. The number of amides is 1. The molecule has 1 amide bonds. The molecule has 3 aromatic carbocycles. The van der Waals surface area contributed by atoms with Crippen LogP contribution in [0.1, 0.15) is 12.0 Å². The number of hydrogen-bond acceptors (Lipinski definition) is 7. The molecule has 9 heteroatoms. The molecule has 4 aromatic rings. The first-order valence-corrected chi connectivity index (χ1v) is 11.1. The Morgan fingerprint density at radius 1 is 1.00 bits per heavy atom. The summed E-state index contributed by atoms with van der Waals surface area (Å²) in [6.07, 6.45) is 1.29. The van der Waals surface area contributed by atoms with Crippen LogP contribution in [-0.2, 0) is 11.2 Å². The van der Waals surface area contributed by atoms with Gasteiger partial charge in [-0.2, -0.15) is 0 Å². The summed E-state index contributed by atoms with van der Waals surface area (Å²) in [6, 6.07) is 18.3. The molecule has 0 radical (unpaired) electrons. The van der Waals surface area contributed by atoms with Crippen LogP contribution >= 0.6 is 0 Å². The van der Waals surface area contributed by atoms with Gasteiger partial charge in [-0.15, -0.1) is 15.0 Å². The van der Waals surface area contributed by atoms with Gasteiger partial charge >= 0.3 is 0 Å². The highest BCUT2D eigenvalue weighted by Crippen LogP contribution is 2.32. The zero-order valence-electron chi connectivity index (χ0n) is 18.4. The van der Waals surface area contributed by atoms with Crippen molar-refractivity contribution in [1.29, 1.82) is 0 Å². The second kappa shape index (κ2) is 9.80. The summed E-state index contributed by atoms with van der Waals surface area (Å²) in [7, 11) is 0. The van der Waals surface area contributed by atoms with Crippen molar-refractivity contribution in [3.8, 4) is 22.9 Å². The third-order valence-electron chi connectivity index (χ3n) is 5.32. The van der Waals surface area contributed by atoms with Gasteiger partial charge in [0.15, 0.2) is 18.1 Å². The summed E-state index contributed by atoms with van der Waals surface area (Å²) in [6.45, 7) is 0.985. The maximum Gasteiger partial charge on any atom is 0.262 e. The molecular formula is C25H24N4O5. The number of fused-ring (bicyclic) bond motifs is 2. The summed E-state index contributed by atoms with van der Waals surface area (Å²) in [5, 5.41) is 21.2. The highest BCUT2D eigenvalue weighted by molar-refractivity contribution is 5.92. The molecule has 0 fully saturated rings. The van der Waals surface area contributed by atoms with E-state index in [1.54, 1.807) is 24.3 Å². The molecule has 0 saturated heterocycles. The van der Waals surface area contributed by atoms with Crippen molar-refractivity contribution in [1.82, 2.24) is 15.0 Å². The quantitative estimate of drug-likeness (QED) is 0.436. The maximum absolute atomic E-state index is 12.6. The lowest BCUT2D eigenvalue weighted by Gasteiger charge is -2.13. The fourth-order valence-electron chi connectivity index (χ4n) is 3.67. The number of hydrogen-bond donors (Lipinski definition) is 2. The van der Waals surface area contributed by atoms with Crippen molar-refractivity contribution in [2.45, 2.75) is 12.8 Å². The molecule has 2 N–H and O–H groups in total. The number of nitrogens with one attached hydrogen (secondary N) is 1. The van der Waals surface area contributed by atoms with Crippen LogP contribution in [0.5, 0.6) is 17.2 Å². The molecule has 0 bridgehead atoms. The predicted molar refractivity (Wildman–Crippen MR) is 126 cm³/mol. The first-order chi connectivity index (χ1) is 16.7. The minimum Gasteiger partial charge on any atom is -0.490 e. The minimum atomic E-state index is -0.321. The van der Waals surface area contributed by atoms with Gasteiger partial charge < -0.3 is 24.6 Å². The van der Waals surface area contributed by atoms with Crippen LogP contribution < -0.4 is 19.5 Å². The minimum absolute atomic E-state index is 0.0199. The van der Waals surface area contributed by atoms with Gasteiger partial charge in [-0.25, -0.2) is 0 Å². The lowest BCUT2D eigenvalue weighted by atomic mass is 10.1. The van der Waals surface area contributed by atoms with Gasteiger partial charge in [0, 0.05) is 24.8 Å². The zero-order valence-corrected chi connectivity index (χ0v) is 18.4. The molecule has 174 valence electrons. The maximum atomic E-state index is 12.6. The zero-order chi connectivity index (χ0) is 23.3. The number of carbonyl (C=O) groups excluding carboxylic acids is 1. The molecule has 0 unspecified atom stereocenters. The Balaban J connectivity index is 1.33. The van der Waals surface area contributed by atoms with Crippen molar-refractivity contribution >= 4 is 22.6 Å². The van der Waals surface area contributed by atoms with Gasteiger partial charge in [-0.3, -0.25) is 4.79 Å². The van der Waals surface area contributed by atoms with Crippen molar-refractivity contribution in [2.24, 2.45) is 0 Å². The van der Waals surface area contributed by atoms with Gasteiger partial charge in [-0.1, -0.05) is 18.2 Å². The van der Waals surface area contributed by atoms with Gasteiger partial charge in [0.2, 0.25) is 0 Å². The smallest absolute Gasteiger partial charge is 0.262 e. The van der Waals surface area contributed by atoms with Crippen LogP contribution in [0.15, 0.2) is 60.7 Å². The highest BCUT2D eigenvalue weighted by atomic mass is 16.5. The van der Waals surface area contributed by atoms with Crippen molar-refractivity contribution < 1.29 is 24.1 Å².